The molecular weight excluding hydrogens is 252 g/mol. The smallest absolute Gasteiger partial charge is 0.240 e. The normalized spacial score (nSPS) is 21.1. The van der Waals surface area contributed by atoms with Crippen LogP contribution in [-0.2, 0) is 9.59 Å². The third-order valence-electron chi connectivity index (χ3n) is 1.94. The average molecular weight is 270 g/mol. The number of nitrogens with zero attached hydrogens (tertiary/aromatic N) is 2. The molecule has 1 aliphatic heterocycles. The number of amidine groups is 1. The first-order valence-corrected chi connectivity index (χ1v) is 6.62. The second kappa shape index (κ2) is 6.53. The minimum Gasteiger partial charge on any atom is -0.354 e. The van der Waals surface area contributed by atoms with Crippen molar-refractivity contribution in [3.05, 3.63) is 0 Å². The van der Waals surface area contributed by atoms with Crippen molar-refractivity contribution in [2.75, 3.05) is 0 Å². The molecule has 0 aromatic rings. The largest absolute Gasteiger partial charge is 0.354 e. The van der Waals surface area contributed by atoms with Crippen molar-refractivity contribution in [2.24, 2.45) is 10.2 Å². The Morgan fingerprint density at radius 3 is 2.72 bits per heavy atom. The van der Waals surface area contributed by atoms with E-state index in [1.807, 2.05) is 27.7 Å². The lowest BCUT2D eigenvalue weighted by molar-refractivity contribution is -0.125. The van der Waals surface area contributed by atoms with E-state index in [1.54, 1.807) is 0 Å². The summed E-state index contributed by atoms with van der Waals surface area (Å²) in [5.41, 5.74) is 0.804. The van der Waals surface area contributed by atoms with Crippen LogP contribution in [0.25, 0.3) is 0 Å². The van der Waals surface area contributed by atoms with Gasteiger partial charge in [0.05, 0.1) is 0 Å². The van der Waals surface area contributed by atoms with Gasteiger partial charge in [-0.15, -0.1) is 5.10 Å². The maximum atomic E-state index is 11.6. The molecule has 1 saturated heterocycles. The molecule has 0 saturated carbocycles. The van der Waals surface area contributed by atoms with Crippen LogP contribution in [0, 0.1) is 0 Å². The van der Waals surface area contributed by atoms with Gasteiger partial charge in [-0.05, 0) is 27.7 Å². The highest BCUT2D eigenvalue weighted by Gasteiger charge is 2.32. The number of hydrogen-bond donors (Lipinski definition) is 2. The van der Waals surface area contributed by atoms with Gasteiger partial charge in [0.2, 0.25) is 11.8 Å². The first-order valence-electron chi connectivity index (χ1n) is 5.74. The zero-order valence-corrected chi connectivity index (χ0v) is 11.8. The van der Waals surface area contributed by atoms with Crippen molar-refractivity contribution in [1.82, 2.24) is 10.6 Å². The van der Waals surface area contributed by atoms with E-state index in [2.05, 4.69) is 20.8 Å². The maximum Gasteiger partial charge on any atom is 0.240 e. The molecule has 2 N–H and O–H groups in total. The van der Waals surface area contributed by atoms with Gasteiger partial charge in [0.25, 0.3) is 0 Å². The number of hydrogen-bond acceptors (Lipinski definition) is 5. The number of thioether (sulfide) groups is 1. The quantitative estimate of drug-likeness (QED) is 0.587. The van der Waals surface area contributed by atoms with Gasteiger partial charge in [-0.2, -0.15) is 5.10 Å². The molecule has 6 nitrogen and oxygen atoms in total. The van der Waals surface area contributed by atoms with E-state index >= 15 is 0 Å². The number of carbonyl (C=O) groups excluding carboxylic acids is 2. The predicted molar refractivity (Wildman–Crippen MR) is 73.6 cm³/mol. The Morgan fingerprint density at radius 2 is 2.17 bits per heavy atom. The van der Waals surface area contributed by atoms with Crippen LogP contribution in [-0.4, -0.2) is 34.0 Å². The minimum absolute atomic E-state index is 0.0763. The SMILES string of the molecule is CC(C)=NN=C1NC(=O)C(CC(=O)NC(C)C)S1. The van der Waals surface area contributed by atoms with Crippen molar-refractivity contribution in [2.45, 2.75) is 45.4 Å². The highest BCUT2D eigenvalue weighted by atomic mass is 32.2. The summed E-state index contributed by atoms with van der Waals surface area (Å²) in [5, 5.41) is 13.2. The molecule has 1 unspecified atom stereocenters. The maximum absolute atomic E-state index is 11.6. The number of nitrogens with one attached hydrogen (secondary N) is 2. The molecule has 0 aromatic carbocycles. The highest BCUT2D eigenvalue weighted by molar-refractivity contribution is 8.15. The van der Waals surface area contributed by atoms with Crippen LogP contribution in [0.15, 0.2) is 10.2 Å². The van der Waals surface area contributed by atoms with Gasteiger partial charge in [0.15, 0.2) is 5.17 Å². The minimum atomic E-state index is -0.421. The molecular formula is C11H18N4O2S. The number of rotatable bonds is 4. The third kappa shape index (κ3) is 4.87. The van der Waals surface area contributed by atoms with Gasteiger partial charge in [0, 0.05) is 18.2 Å². The third-order valence-corrected chi connectivity index (χ3v) is 3.01. The van der Waals surface area contributed by atoms with Gasteiger partial charge in [-0.1, -0.05) is 11.8 Å². The molecule has 1 atom stereocenters. The molecule has 2 amide bonds. The van der Waals surface area contributed by atoms with Gasteiger partial charge < -0.3 is 10.6 Å². The predicted octanol–water partition coefficient (Wildman–Crippen LogP) is 0.885. The van der Waals surface area contributed by atoms with E-state index in [4.69, 9.17) is 0 Å². The fourth-order valence-corrected chi connectivity index (χ4v) is 2.20. The van der Waals surface area contributed by atoms with Crippen molar-refractivity contribution in [3.63, 3.8) is 0 Å². The van der Waals surface area contributed by atoms with Crippen molar-refractivity contribution < 1.29 is 9.59 Å². The molecule has 100 valence electrons. The number of amides is 2. The Balaban J connectivity index is 2.55. The van der Waals surface area contributed by atoms with Gasteiger partial charge >= 0.3 is 0 Å². The van der Waals surface area contributed by atoms with Gasteiger partial charge in [-0.25, -0.2) is 0 Å². The molecule has 0 aromatic heterocycles. The summed E-state index contributed by atoms with van der Waals surface area (Å²) in [4.78, 5) is 23.2. The first kappa shape index (κ1) is 14.7. The highest BCUT2D eigenvalue weighted by Crippen LogP contribution is 2.22. The summed E-state index contributed by atoms with van der Waals surface area (Å²) >= 11 is 1.24. The molecule has 1 rings (SSSR count). The van der Waals surface area contributed by atoms with Crippen LogP contribution >= 0.6 is 11.8 Å². The zero-order valence-electron chi connectivity index (χ0n) is 11.0. The van der Waals surface area contributed by atoms with Gasteiger partial charge in [-0.3, -0.25) is 9.59 Å². The molecule has 1 fully saturated rings. The molecule has 0 bridgehead atoms. The van der Waals surface area contributed by atoms with E-state index in [-0.39, 0.29) is 24.3 Å². The Kier molecular flexibility index (Phi) is 5.33. The Morgan fingerprint density at radius 1 is 1.50 bits per heavy atom. The summed E-state index contributed by atoms with van der Waals surface area (Å²) in [5.74, 6) is -0.323. The molecule has 1 aliphatic rings. The molecule has 0 radical (unpaired) electrons. The van der Waals surface area contributed by atoms with E-state index in [0.717, 1.165) is 5.71 Å². The van der Waals surface area contributed by atoms with E-state index in [1.165, 1.54) is 11.8 Å². The lowest BCUT2D eigenvalue weighted by Crippen LogP contribution is -2.34. The zero-order chi connectivity index (χ0) is 13.7. The average Bonchev–Trinajstić information content (AvgIpc) is 2.55. The summed E-state index contributed by atoms with van der Waals surface area (Å²) < 4.78 is 0. The first-order chi connectivity index (χ1) is 8.38. The lowest BCUT2D eigenvalue weighted by atomic mass is 10.2. The van der Waals surface area contributed by atoms with Crippen LogP contribution in [0.3, 0.4) is 0 Å². The Hall–Kier alpha value is -1.37. The van der Waals surface area contributed by atoms with E-state index in [0.29, 0.717) is 5.17 Å². The van der Waals surface area contributed by atoms with Crippen LogP contribution < -0.4 is 10.6 Å². The van der Waals surface area contributed by atoms with Crippen molar-refractivity contribution in [1.29, 1.82) is 0 Å². The molecule has 0 aliphatic carbocycles. The second-order valence-corrected chi connectivity index (χ2v) is 5.67. The van der Waals surface area contributed by atoms with Crippen LogP contribution in [0.4, 0.5) is 0 Å². The van der Waals surface area contributed by atoms with Crippen molar-refractivity contribution >= 4 is 34.5 Å². The fourth-order valence-electron chi connectivity index (χ4n) is 1.28. The molecule has 0 spiro atoms. The summed E-state index contributed by atoms with van der Waals surface area (Å²) in [6.07, 6.45) is 0.155. The molecule has 18 heavy (non-hydrogen) atoms. The number of carbonyl (C=O) groups is 2. The summed E-state index contributed by atoms with van der Waals surface area (Å²) in [7, 11) is 0. The second-order valence-electron chi connectivity index (χ2n) is 4.47. The summed E-state index contributed by atoms with van der Waals surface area (Å²) in [6, 6.07) is 0.0763. The fraction of sp³-hybridized carbons (Fsp3) is 0.636. The lowest BCUT2D eigenvalue weighted by Gasteiger charge is -2.09. The standard InChI is InChI=1S/C11H18N4O2S/c1-6(2)12-9(16)5-8-10(17)13-11(18-8)15-14-7(3)4/h6,8H,5H2,1-4H3,(H,12,16)(H,13,15,17). The van der Waals surface area contributed by atoms with Crippen LogP contribution in [0.2, 0.25) is 0 Å². The molecule has 7 heteroatoms. The Bertz CT molecular complexity index is 400. The van der Waals surface area contributed by atoms with E-state index < -0.39 is 5.25 Å². The summed E-state index contributed by atoms with van der Waals surface area (Å²) in [6.45, 7) is 7.40. The van der Waals surface area contributed by atoms with Gasteiger partial charge in [0.1, 0.15) is 5.25 Å². The van der Waals surface area contributed by atoms with Crippen LogP contribution in [0.5, 0.6) is 0 Å². The van der Waals surface area contributed by atoms with Crippen LogP contribution in [0.1, 0.15) is 34.1 Å². The molecule has 1 heterocycles. The van der Waals surface area contributed by atoms with E-state index in [9.17, 15) is 9.59 Å². The topological polar surface area (TPSA) is 82.9 Å². The van der Waals surface area contributed by atoms with Crippen molar-refractivity contribution in [3.8, 4) is 0 Å². The Labute approximate surface area is 111 Å². The monoisotopic (exact) mass is 270 g/mol.